The molecule has 0 spiro atoms. The number of rotatable bonds is 8. The number of carbonyl (C=O) groups excluding carboxylic acids is 1. The first-order chi connectivity index (χ1) is 16.1. The van der Waals surface area contributed by atoms with Crippen molar-refractivity contribution in [1.29, 1.82) is 0 Å². The zero-order valence-corrected chi connectivity index (χ0v) is 20.6. The number of hydrogen-bond donors (Lipinski definition) is 1. The monoisotopic (exact) mass is 497 g/mol. The summed E-state index contributed by atoms with van der Waals surface area (Å²) >= 11 is 4.51. The summed E-state index contributed by atoms with van der Waals surface area (Å²) in [4.78, 5) is 34.2. The molecule has 1 aliphatic carbocycles. The van der Waals surface area contributed by atoms with Crippen LogP contribution in [-0.4, -0.2) is 27.8 Å². The molecule has 0 radical (unpaired) electrons. The highest BCUT2D eigenvalue weighted by Crippen LogP contribution is 2.36. The van der Waals surface area contributed by atoms with E-state index in [2.05, 4.69) is 5.32 Å². The molecule has 5 rings (SSSR count). The Morgan fingerprint density at radius 2 is 2.09 bits per heavy atom. The van der Waals surface area contributed by atoms with E-state index in [0.29, 0.717) is 18.3 Å². The molecule has 1 amide bonds. The number of benzene rings is 1. The second kappa shape index (κ2) is 9.70. The van der Waals surface area contributed by atoms with Gasteiger partial charge in [0.2, 0.25) is 5.91 Å². The molecule has 0 unspecified atom stereocenters. The SMILES string of the molecule is CCOc1ccc(-n2c(SCC(=O)NCc3cccs3)nc3sc4c(c3c2=O)CCC4)cc1. The van der Waals surface area contributed by atoms with Gasteiger partial charge in [0, 0.05) is 9.75 Å². The van der Waals surface area contributed by atoms with E-state index in [1.165, 1.54) is 16.6 Å². The third-order valence-corrected chi connectivity index (χ3v) is 8.49. The van der Waals surface area contributed by atoms with Crippen molar-refractivity contribution in [2.45, 2.75) is 37.9 Å². The number of thiophene rings is 2. The van der Waals surface area contributed by atoms with Gasteiger partial charge in [0.05, 0.1) is 30.0 Å². The Balaban J connectivity index is 1.47. The molecular weight excluding hydrogens is 474 g/mol. The van der Waals surface area contributed by atoms with Crippen molar-refractivity contribution in [2.24, 2.45) is 0 Å². The normalized spacial score (nSPS) is 12.8. The van der Waals surface area contributed by atoms with Crippen LogP contribution in [0.1, 0.15) is 28.7 Å². The molecule has 6 nitrogen and oxygen atoms in total. The first-order valence-corrected chi connectivity index (χ1v) is 13.5. The van der Waals surface area contributed by atoms with Crippen LogP contribution in [0.3, 0.4) is 0 Å². The third-order valence-electron chi connectivity index (χ3n) is 5.49. The number of ether oxygens (including phenoxy) is 1. The fourth-order valence-electron chi connectivity index (χ4n) is 3.99. The smallest absolute Gasteiger partial charge is 0.267 e. The van der Waals surface area contributed by atoms with Gasteiger partial charge in [0.15, 0.2) is 5.16 Å². The van der Waals surface area contributed by atoms with Gasteiger partial charge in [0.1, 0.15) is 10.6 Å². The minimum absolute atomic E-state index is 0.0648. The van der Waals surface area contributed by atoms with Gasteiger partial charge in [-0.15, -0.1) is 22.7 Å². The number of nitrogens with zero attached hydrogens (tertiary/aromatic N) is 2. The molecule has 1 aliphatic rings. The van der Waals surface area contributed by atoms with E-state index in [-0.39, 0.29) is 17.2 Å². The van der Waals surface area contributed by atoms with Crippen molar-refractivity contribution in [2.75, 3.05) is 12.4 Å². The van der Waals surface area contributed by atoms with Crippen LogP contribution >= 0.6 is 34.4 Å². The summed E-state index contributed by atoms with van der Waals surface area (Å²) in [7, 11) is 0. The number of amides is 1. The Morgan fingerprint density at radius 1 is 1.24 bits per heavy atom. The number of aromatic nitrogens is 2. The van der Waals surface area contributed by atoms with Gasteiger partial charge in [-0.2, -0.15) is 0 Å². The number of fused-ring (bicyclic) bond motifs is 3. The highest BCUT2D eigenvalue weighted by Gasteiger charge is 2.24. The van der Waals surface area contributed by atoms with Gasteiger partial charge in [0.25, 0.3) is 5.56 Å². The molecule has 0 bridgehead atoms. The standard InChI is InChI=1S/C24H23N3O3S3/c1-2-30-16-10-8-15(9-11-16)27-23(29)21-18-6-3-7-19(18)33-22(21)26-24(27)32-14-20(28)25-13-17-5-4-12-31-17/h4-5,8-12H,2-3,6-7,13-14H2,1H3,(H,25,28). The van der Waals surface area contributed by atoms with E-state index in [1.807, 2.05) is 48.7 Å². The molecule has 9 heteroatoms. The van der Waals surface area contributed by atoms with E-state index in [4.69, 9.17) is 9.72 Å². The zero-order chi connectivity index (χ0) is 22.8. The lowest BCUT2D eigenvalue weighted by atomic mass is 10.2. The molecule has 1 N–H and O–H groups in total. The van der Waals surface area contributed by atoms with Gasteiger partial charge in [-0.3, -0.25) is 14.2 Å². The summed E-state index contributed by atoms with van der Waals surface area (Å²) in [5.74, 6) is 0.849. The Morgan fingerprint density at radius 3 is 2.85 bits per heavy atom. The van der Waals surface area contributed by atoms with Crippen LogP contribution in [0.15, 0.2) is 51.7 Å². The average Bonchev–Trinajstić information content (AvgIpc) is 3.55. The van der Waals surface area contributed by atoms with E-state index in [1.54, 1.807) is 27.2 Å². The largest absolute Gasteiger partial charge is 0.494 e. The molecule has 3 heterocycles. The molecule has 1 aromatic carbocycles. The Bertz CT molecular complexity index is 1340. The predicted octanol–water partition coefficient (Wildman–Crippen LogP) is 4.80. The number of thioether (sulfide) groups is 1. The number of aryl methyl sites for hydroxylation is 2. The maximum Gasteiger partial charge on any atom is 0.267 e. The lowest BCUT2D eigenvalue weighted by Crippen LogP contribution is -2.26. The number of nitrogens with one attached hydrogen (secondary N) is 1. The number of carbonyl (C=O) groups is 1. The first-order valence-electron chi connectivity index (χ1n) is 10.9. The maximum absolute atomic E-state index is 13.7. The van der Waals surface area contributed by atoms with Crippen molar-refractivity contribution in [3.05, 3.63) is 67.4 Å². The second-order valence-corrected chi connectivity index (χ2v) is 10.7. The van der Waals surface area contributed by atoms with E-state index in [9.17, 15) is 9.59 Å². The van der Waals surface area contributed by atoms with Crippen molar-refractivity contribution >= 4 is 50.6 Å². The van der Waals surface area contributed by atoms with Crippen molar-refractivity contribution in [3.63, 3.8) is 0 Å². The van der Waals surface area contributed by atoms with Crippen LogP contribution in [0.25, 0.3) is 15.9 Å². The van der Waals surface area contributed by atoms with E-state index in [0.717, 1.165) is 51.4 Å². The fraction of sp³-hybridized carbons (Fsp3) is 0.292. The highest BCUT2D eigenvalue weighted by atomic mass is 32.2. The molecule has 4 aromatic rings. The van der Waals surface area contributed by atoms with Crippen LogP contribution in [0.4, 0.5) is 0 Å². The molecule has 0 aliphatic heterocycles. The second-order valence-electron chi connectivity index (χ2n) is 7.64. The molecule has 0 atom stereocenters. The average molecular weight is 498 g/mol. The minimum Gasteiger partial charge on any atom is -0.494 e. The van der Waals surface area contributed by atoms with Crippen LogP contribution in [0.2, 0.25) is 0 Å². The topological polar surface area (TPSA) is 73.2 Å². The van der Waals surface area contributed by atoms with Crippen LogP contribution in [0, 0.1) is 0 Å². The van der Waals surface area contributed by atoms with Crippen molar-refractivity contribution < 1.29 is 9.53 Å². The number of hydrogen-bond acceptors (Lipinski definition) is 7. The molecule has 0 fully saturated rings. The molecular formula is C24H23N3O3S3. The molecule has 0 saturated carbocycles. The molecule has 170 valence electrons. The maximum atomic E-state index is 13.7. The van der Waals surface area contributed by atoms with Gasteiger partial charge in [-0.1, -0.05) is 17.8 Å². The van der Waals surface area contributed by atoms with E-state index < -0.39 is 0 Å². The van der Waals surface area contributed by atoms with Gasteiger partial charge in [-0.25, -0.2) is 4.98 Å². The van der Waals surface area contributed by atoms with E-state index >= 15 is 0 Å². The molecule has 3 aromatic heterocycles. The lowest BCUT2D eigenvalue weighted by Gasteiger charge is -2.13. The Kier molecular flexibility index (Phi) is 6.52. The Hall–Kier alpha value is -2.62. The van der Waals surface area contributed by atoms with Crippen LogP contribution in [-0.2, 0) is 24.2 Å². The first kappa shape index (κ1) is 22.2. The summed E-state index contributed by atoms with van der Waals surface area (Å²) in [6.07, 6.45) is 3.01. The fourth-order valence-corrected chi connectivity index (χ4v) is 6.78. The van der Waals surface area contributed by atoms with Crippen LogP contribution < -0.4 is 15.6 Å². The molecule has 33 heavy (non-hydrogen) atoms. The van der Waals surface area contributed by atoms with Gasteiger partial charge in [-0.05, 0) is 67.5 Å². The van der Waals surface area contributed by atoms with Gasteiger partial charge < -0.3 is 10.1 Å². The minimum atomic E-state index is -0.0883. The van der Waals surface area contributed by atoms with Crippen LogP contribution in [0.5, 0.6) is 5.75 Å². The summed E-state index contributed by atoms with van der Waals surface area (Å²) in [6, 6.07) is 11.4. The Labute approximate surface area is 203 Å². The summed E-state index contributed by atoms with van der Waals surface area (Å²) < 4.78 is 7.19. The van der Waals surface area contributed by atoms with Crippen molar-refractivity contribution in [1.82, 2.24) is 14.9 Å². The summed E-state index contributed by atoms with van der Waals surface area (Å²) in [6.45, 7) is 3.02. The highest BCUT2D eigenvalue weighted by molar-refractivity contribution is 7.99. The summed E-state index contributed by atoms with van der Waals surface area (Å²) in [5, 5.41) is 6.19. The third kappa shape index (κ3) is 4.58. The zero-order valence-electron chi connectivity index (χ0n) is 18.1. The lowest BCUT2D eigenvalue weighted by molar-refractivity contribution is -0.118. The quantitative estimate of drug-likeness (QED) is 0.280. The summed E-state index contributed by atoms with van der Waals surface area (Å²) in [5.41, 5.74) is 1.81. The molecule has 0 saturated heterocycles. The predicted molar refractivity (Wildman–Crippen MR) is 135 cm³/mol. The van der Waals surface area contributed by atoms with Crippen molar-refractivity contribution in [3.8, 4) is 11.4 Å². The van der Waals surface area contributed by atoms with Gasteiger partial charge >= 0.3 is 0 Å².